The van der Waals surface area contributed by atoms with Crippen LogP contribution in [0.3, 0.4) is 0 Å². The molecular formula is C41H30Cl2F6Zr-2. The molecular weight excluding hydrogens is 769 g/mol. The van der Waals surface area contributed by atoms with E-state index in [9.17, 15) is 26.3 Å². The van der Waals surface area contributed by atoms with Crippen molar-refractivity contribution in [2.75, 3.05) is 0 Å². The molecule has 50 heavy (non-hydrogen) atoms. The predicted molar refractivity (Wildman–Crippen MR) is 176 cm³/mol. The van der Waals surface area contributed by atoms with Crippen molar-refractivity contribution < 1.29 is 75.4 Å². The molecule has 9 heteroatoms. The van der Waals surface area contributed by atoms with Crippen LogP contribution in [0.5, 0.6) is 0 Å². The van der Waals surface area contributed by atoms with Crippen LogP contribution in [0.4, 0.5) is 26.3 Å². The van der Waals surface area contributed by atoms with E-state index < -0.39 is 23.5 Å². The molecule has 0 spiro atoms. The molecule has 2 aliphatic carbocycles. The third-order valence-corrected chi connectivity index (χ3v) is 9.34. The molecule has 0 amide bonds. The van der Waals surface area contributed by atoms with Crippen LogP contribution in [-0.2, 0) is 43.0 Å². The maximum absolute atomic E-state index is 12.7. The Balaban J connectivity index is 0.000000209. The van der Waals surface area contributed by atoms with Gasteiger partial charge in [0.25, 0.3) is 0 Å². The van der Waals surface area contributed by atoms with Crippen LogP contribution >= 0.6 is 0 Å². The fourth-order valence-electron chi connectivity index (χ4n) is 5.63. The van der Waals surface area contributed by atoms with Crippen molar-refractivity contribution >= 4 is 8.78 Å². The van der Waals surface area contributed by atoms with Crippen LogP contribution in [0.1, 0.15) is 52.8 Å². The summed E-state index contributed by atoms with van der Waals surface area (Å²) >= 11 is 0.729. The number of fused-ring (bicyclic) bond motifs is 3. The number of rotatable bonds is 3. The number of hydrogen-bond donors (Lipinski definition) is 0. The van der Waals surface area contributed by atoms with Gasteiger partial charge < -0.3 is 24.8 Å². The maximum atomic E-state index is 12.7. The summed E-state index contributed by atoms with van der Waals surface area (Å²) in [6, 6.07) is 37.8. The van der Waals surface area contributed by atoms with E-state index in [1.165, 1.54) is 63.2 Å². The molecule has 1 unspecified atom stereocenters. The van der Waals surface area contributed by atoms with Gasteiger partial charge in [-0.15, -0.1) is 11.1 Å². The Morgan fingerprint density at radius 3 is 1.76 bits per heavy atom. The van der Waals surface area contributed by atoms with Gasteiger partial charge in [-0.25, -0.2) is 5.57 Å². The molecule has 7 rings (SSSR count). The molecule has 0 bridgehead atoms. The molecule has 5 aromatic carbocycles. The van der Waals surface area contributed by atoms with Gasteiger partial charge in [-0.2, -0.15) is 41.5 Å². The summed E-state index contributed by atoms with van der Waals surface area (Å²) in [5, 5.41) is 0. The van der Waals surface area contributed by atoms with Crippen molar-refractivity contribution in [3.63, 3.8) is 0 Å². The molecule has 0 saturated carbocycles. The molecule has 0 heterocycles. The molecule has 0 nitrogen and oxygen atoms in total. The zero-order valence-corrected chi connectivity index (χ0v) is 30.9. The Morgan fingerprint density at radius 1 is 0.680 bits per heavy atom. The fourth-order valence-corrected chi connectivity index (χ4v) is 6.40. The standard InChI is InChI=1S/C15H8F6.C13H9.C13H13.2ClH.Zr/c16-14(17,18)12-5-1-3-10(8-12)7-11-4-2-6-13(9-11)15(19,20)21;1-3-7-12-10(5-1)9-11-6-2-4-8-13(11)12;1-10-8-11(2)13(9-10)12-6-4-3-5-7-12;;;/h1-6,8-9H;1-5,7-8H,9H2;3-7,9-10H,1-2H3;2*1H;/q;2*-1;;;+2/p-2. The van der Waals surface area contributed by atoms with E-state index in [-0.39, 0.29) is 35.9 Å². The van der Waals surface area contributed by atoms with Crippen molar-refractivity contribution in [1.82, 2.24) is 0 Å². The van der Waals surface area contributed by atoms with E-state index in [1.54, 1.807) is 0 Å². The second-order valence-corrected chi connectivity index (χ2v) is 12.7. The Labute approximate surface area is 316 Å². The van der Waals surface area contributed by atoms with Crippen LogP contribution in [-0.4, -0.2) is 3.21 Å². The first kappa shape index (κ1) is 40.9. The van der Waals surface area contributed by atoms with Crippen LogP contribution < -0.4 is 24.8 Å². The van der Waals surface area contributed by atoms with Crippen molar-refractivity contribution in [3.05, 3.63) is 184 Å². The third kappa shape index (κ3) is 10.3. The molecule has 1 atom stereocenters. The second-order valence-electron chi connectivity index (χ2n) is 11.4. The zero-order chi connectivity index (χ0) is 34.5. The molecule has 0 fully saturated rings. The van der Waals surface area contributed by atoms with Gasteiger partial charge in [-0.1, -0.05) is 85.5 Å². The van der Waals surface area contributed by atoms with Gasteiger partial charge in [-0.05, 0) is 6.42 Å². The van der Waals surface area contributed by atoms with Gasteiger partial charge in [0.05, 0.1) is 0 Å². The summed E-state index contributed by atoms with van der Waals surface area (Å²) in [7, 11) is 0. The van der Waals surface area contributed by atoms with Crippen molar-refractivity contribution in [2.24, 2.45) is 5.92 Å². The topological polar surface area (TPSA) is 0 Å². The quantitative estimate of drug-likeness (QED) is 0.167. The Kier molecular flexibility index (Phi) is 14.4. The molecule has 2 aliphatic rings. The predicted octanol–water partition coefficient (Wildman–Crippen LogP) is 5.37. The number of halogens is 8. The first-order valence-electron chi connectivity index (χ1n) is 15.2. The van der Waals surface area contributed by atoms with Gasteiger partial charge in [0.1, 0.15) is 0 Å². The zero-order valence-electron chi connectivity index (χ0n) is 26.9. The van der Waals surface area contributed by atoms with Crippen LogP contribution in [0, 0.1) is 18.1 Å². The van der Waals surface area contributed by atoms with Gasteiger partial charge in [0, 0.05) is 0 Å². The van der Waals surface area contributed by atoms with Gasteiger partial charge in [-0.3, -0.25) is 6.08 Å². The maximum Gasteiger partial charge on any atom is -0.0253 e. The van der Waals surface area contributed by atoms with E-state index in [1.807, 2.05) is 12.1 Å². The van der Waals surface area contributed by atoms with Crippen LogP contribution in [0.15, 0.2) is 133 Å². The van der Waals surface area contributed by atoms with Gasteiger partial charge in [0.15, 0.2) is 0 Å². The Bertz CT molecular complexity index is 1870. The SMILES string of the molecule is CC1=[C-]C(C)C=C1c1ccccc1.FC(F)(F)c1cccc([C](=[Zr+2])c2cccc(C(F)(F)F)c2)c1.[Cl-].[Cl-].[c-]1cccc2c1Cc1ccccc1-2. The summed E-state index contributed by atoms with van der Waals surface area (Å²) in [6.45, 7) is 4.29. The summed E-state index contributed by atoms with van der Waals surface area (Å²) < 4.78 is 76.7. The summed E-state index contributed by atoms with van der Waals surface area (Å²) in [5.74, 6) is 0.468. The van der Waals surface area contributed by atoms with Crippen LogP contribution in [0.25, 0.3) is 16.7 Å². The van der Waals surface area contributed by atoms with E-state index in [2.05, 4.69) is 92.7 Å². The molecule has 256 valence electrons. The number of hydrogen-bond acceptors (Lipinski definition) is 0. The Hall–Kier alpha value is -3.51. The first-order chi connectivity index (χ1) is 22.8. The first-order valence-corrected chi connectivity index (χ1v) is 16.4. The number of benzene rings is 5. The van der Waals surface area contributed by atoms with Crippen molar-refractivity contribution in [3.8, 4) is 11.1 Å². The molecule has 5 aromatic rings. The summed E-state index contributed by atoms with van der Waals surface area (Å²) in [5.41, 5.74) is 8.33. The van der Waals surface area contributed by atoms with Crippen LogP contribution in [0.2, 0.25) is 0 Å². The van der Waals surface area contributed by atoms with E-state index in [4.69, 9.17) is 0 Å². The van der Waals surface area contributed by atoms with Gasteiger partial charge in [0.2, 0.25) is 0 Å². The minimum atomic E-state index is -4.49. The molecule has 0 aromatic heterocycles. The normalized spacial score (nSPS) is 14.2. The van der Waals surface area contributed by atoms with E-state index >= 15 is 0 Å². The van der Waals surface area contributed by atoms with E-state index in [0.717, 1.165) is 54.9 Å². The minimum absolute atomic E-state index is 0. The largest absolute Gasteiger partial charge is 1.00 e. The minimum Gasteiger partial charge on any atom is -1.00 e. The Morgan fingerprint density at radius 2 is 1.22 bits per heavy atom. The second kappa shape index (κ2) is 17.6. The number of allylic oxidation sites excluding steroid dienone is 4. The van der Waals surface area contributed by atoms with Gasteiger partial charge >= 0.3 is 137 Å². The molecule has 0 aliphatic heterocycles. The molecule has 0 saturated heterocycles. The number of alkyl halides is 6. The monoisotopic (exact) mass is 796 g/mol. The smallest absolute Gasteiger partial charge is 0.0253 e. The molecule has 0 N–H and O–H groups in total. The fraction of sp³-hybridized carbons (Fsp3) is 0.146. The van der Waals surface area contributed by atoms with E-state index in [0.29, 0.717) is 9.12 Å². The summed E-state index contributed by atoms with van der Waals surface area (Å²) in [4.78, 5) is 0. The average molecular weight is 799 g/mol. The average Bonchev–Trinajstić information content (AvgIpc) is 3.63. The third-order valence-electron chi connectivity index (χ3n) is 7.92. The molecule has 0 radical (unpaired) electrons. The van der Waals surface area contributed by atoms with Crippen molar-refractivity contribution in [1.29, 1.82) is 0 Å². The summed E-state index contributed by atoms with van der Waals surface area (Å²) in [6.07, 6.45) is -2.27. The van der Waals surface area contributed by atoms with Crippen molar-refractivity contribution in [2.45, 2.75) is 32.6 Å².